The number of ether oxygens (including phenoxy) is 1. The van der Waals surface area contributed by atoms with Crippen molar-refractivity contribution in [3.8, 4) is 5.88 Å². The molecule has 0 bridgehead atoms. The summed E-state index contributed by atoms with van der Waals surface area (Å²) < 4.78 is 58.6. The zero-order valence-corrected chi connectivity index (χ0v) is 15.8. The summed E-state index contributed by atoms with van der Waals surface area (Å²) >= 11 is 0. The van der Waals surface area contributed by atoms with Crippen molar-refractivity contribution in [3.05, 3.63) is 47.5 Å². The Morgan fingerprint density at radius 2 is 1.89 bits per heavy atom. The predicted molar refractivity (Wildman–Crippen MR) is 95.9 cm³/mol. The van der Waals surface area contributed by atoms with Crippen LogP contribution in [0.4, 0.5) is 14.6 Å². The van der Waals surface area contributed by atoms with Crippen molar-refractivity contribution in [2.75, 3.05) is 32.1 Å². The van der Waals surface area contributed by atoms with E-state index in [1.165, 1.54) is 4.31 Å². The van der Waals surface area contributed by atoms with Gasteiger partial charge in [-0.25, -0.2) is 17.2 Å². The fraction of sp³-hybridized carbons (Fsp3) is 0.412. The first-order chi connectivity index (χ1) is 12.7. The molecular formula is C17H20F2N4O3S. The van der Waals surface area contributed by atoms with Gasteiger partial charge in [0.1, 0.15) is 17.7 Å². The van der Waals surface area contributed by atoms with Gasteiger partial charge in [-0.15, -0.1) is 10.2 Å². The van der Waals surface area contributed by atoms with Crippen LogP contribution in [0.5, 0.6) is 5.88 Å². The molecule has 2 heterocycles. The fourth-order valence-electron chi connectivity index (χ4n) is 2.83. The van der Waals surface area contributed by atoms with Crippen LogP contribution in [0, 0.1) is 11.6 Å². The lowest BCUT2D eigenvalue weighted by atomic mass is 10.2. The smallest absolute Gasteiger partial charge is 0.233 e. The summed E-state index contributed by atoms with van der Waals surface area (Å²) in [4.78, 5) is 1.80. The van der Waals surface area contributed by atoms with E-state index in [1.807, 2.05) is 14.1 Å². The Hall–Kier alpha value is -2.33. The Balaban J connectivity index is 1.62. The third kappa shape index (κ3) is 4.89. The van der Waals surface area contributed by atoms with Gasteiger partial charge in [0.2, 0.25) is 15.9 Å². The number of hydrogen-bond acceptors (Lipinski definition) is 6. The number of rotatable bonds is 6. The van der Waals surface area contributed by atoms with Gasteiger partial charge in [-0.05, 0) is 30.2 Å². The minimum absolute atomic E-state index is 0.0713. The van der Waals surface area contributed by atoms with Crippen molar-refractivity contribution < 1.29 is 21.9 Å². The first kappa shape index (κ1) is 19.4. The van der Waals surface area contributed by atoms with E-state index in [1.54, 1.807) is 17.0 Å². The van der Waals surface area contributed by atoms with Crippen molar-refractivity contribution in [3.63, 3.8) is 0 Å². The van der Waals surface area contributed by atoms with E-state index < -0.39 is 27.4 Å². The lowest BCUT2D eigenvalue weighted by Crippen LogP contribution is -2.32. The van der Waals surface area contributed by atoms with Gasteiger partial charge >= 0.3 is 0 Å². The minimum Gasteiger partial charge on any atom is -0.472 e. The molecule has 3 rings (SSSR count). The van der Waals surface area contributed by atoms with Crippen LogP contribution >= 0.6 is 0 Å². The van der Waals surface area contributed by atoms with Crippen LogP contribution in [-0.4, -0.2) is 56.2 Å². The third-order valence-corrected chi connectivity index (χ3v) is 5.96. The number of hydrogen-bond donors (Lipinski definition) is 0. The Morgan fingerprint density at radius 3 is 2.48 bits per heavy atom. The van der Waals surface area contributed by atoms with Crippen molar-refractivity contribution in [2.45, 2.75) is 18.3 Å². The second kappa shape index (κ2) is 7.73. The Kier molecular flexibility index (Phi) is 5.56. The predicted octanol–water partition coefficient (Wildman–Crippen LogP) is 1.80. The molecular weight excluding hydrogens is 378 g/mol. The van der Waals surface area contributed by atoms with Crippen LogP contribution in [0.2, 0.25) is 0 Å². The maximum atomic E-state index is 13.3. The summed E-state index contributed by atoms with van der Waals surface area (Å²) in [6.07, 6.45) is 0.136. The normalized spacial score (nSPS) is 17.9. The van der Waals surface area contributed by atoms with E-state index in [9.17, 15) is 17.2 Å². The molecule has 1 aliphatic heterocycles. The molecule has 27 heavy (non-hydrogen) atoms. The van der Waals surface area contributed by atoms with Crippen molar-refractivity contribution >= 4 is 15.8 Å². The van der Waals surface area contributed by atoms with Crippen LogP contribution in [-0.2, 0) is 15.8 Å². The molecule has 1 saturated heterocycles. The molecule has 0 aliphatic carbocycles. The topological polar surface area (TPSA) is 75.6 Å². The summed E-state index contributed by atoms with van der Waals surface area (Å²) in [5, 5.41) is 7.98. The van der Waals surface area contributed by atoms with Crippen LogP contribution in [0.3, 0.4) is 0 Å². The molecule has 1 aromatic heterocycles. The largest absolute Gasteiger partial charge is 0.472 e. The molecule has 1 atom stereocenters. The van der Waals surface area contributed by atoms with Gasteiger partial charge in [0, 0.05) is 32.8 Å². The van der Waals surface area contributed by atoms with Crippen molar-refractivity contribution in [1.82, 2.24) is 14.5 Å². The van der Waals surface area contributed by atoms with Crippen LogP contribution < -0.4 is 9.64 Å². The van der Waals surface area contributed by atoms with E-state index >= 15 is 0 Å². The zero-order chi connectivity index (χ0) is 19.6. The Labute approximate surface area is 156 Å². The number of benzene rings is 1. The van der Waals surface area contributed by atoms with Gasteiger partial charge in [-0.3, -0.25) is 0 Å². The zero-order valence-electron chi connectivity index (χ0n) is 15.0. The third-order valence-electron chi connectivity index (χ3n) is 4.14. The molecule has 1 unspecified atom stereocenters. The molecule has 0 saturated carbocycles. The highest BCUT2D eigenvalue weighted by molar-refractivity contribution is 7.88. The van der Waals surface area contributed by atoms with E-state index in [-0.39, 0.29) is 24.8 Å². The number of halogens is 2. The second-order valence-electron chi connectivity index (χ2n) is 6.54. The van der Waals surface area contributed by atoms with Gasteiger partial charge in [-0.2, -0.15) is 4.31 Å². The molecule has 146 valence electrons. The monoisotopic (exact) mass is 398 g/mol. The lowest BCUT2D eigenvalue weighted by molar-refractivity contribution is 0.204. The average Bonchev–Trinajstić information content (AvgIpc) is 3.03. The van der Waals surface area contributed by atoms with E-state index in [2.05, 4.69) is 10.2 Å². The number of anilines is 1. The molecule has 7 nitrogen and oxygen atoms in total. The summed E-state index contributed by atoms with van der Waals surface area (Å²) in [6.45, 7) is 0.422. The number of nitrogens with zero attached hydrogens (tertiary/aromatic N) is 4. The molecule has 0 amide bonds. The van der Waals surface area contributed by atoms with Gasteiger partial charge in [-0.1, -0.05) is 0 Å². The van der Waals surface area contributed by atoms with Gasteiger partial charge < -0.3 is 9.64 Å². The molecule has 1 fully saturated rings. The molecule has 0 radical (unpaired) electrons. The molecule has 10 heteroatoms. The van der Waals surface area contributed by atoms with Gasteiger partial charge in [0.05, 0.1) is 12.3 Å². The highest BCUT2D eigenvalue weighted by Gasteiger charge is 2.33. The van der Waals surface area contributed by atoms with Gasteiger partial charge in [0.15, 0.2) is 5.82 Å². The maximum absolute atomic E-state index is 13.3. The first-order valence-electron chi connectivity index (χ1n) is 8.33. The molecule has 1 aliphatic rings. The van der Waals surface area contributed by atoms with Crippen molar-refractivity contribution in [1.29, 1.82) is 0 Å². The Morgan fingerprint density at radius 1 is 1.19 bits per heavy atom. The highest BCUT2D eigenvalue weighted by atomic mass is 32.2. The van der Waals surface area contributed by atoms with Crippen molar-refractivity contribution in [2.24, 2.45) is 0 Å². The molecule has 0 N–H and O–H groups in total. The van der Waals surface area contributed by atoms with E-state index in [4.69, 9.17) is 4.74 Å². The van der Waals surface area contributed by atoms with Crippen LogP contribution in [0.25, 0.3) is 0 Å². The minimum atomic E-state index is -3.71. The quantitative estimate of drug-likeness (QED) is 0.739. The fourth-order valence-corrected chi connectivity index (χ4v) is 4.38. The lowest BCUT2D eigenvalue weighted by Gasteiger charge is -2.17. The molecule has 2 aromatic rings. The molecule has 1 aromatic carbocycles. The SMILES string of the molecule is CN(C)c1ccc(OC2CCN(S(=O)(=O)Cc3cc(F)cc(F)c3)C2)nn1. The summed E-state index contributed by atoms with van der Waals surface area (Å²) in [6, 6.07) is 6.18. The standard InChI is InChI=1S/C17H20F2N4O3S/c1-22(2)16-3-4-17(21-20-16)26-15-5-6-23(10-15)27(24,25)11-12-7-13(18)9-14(19)8-12/h3-4,7-9,15H,5-6,10-11H2,1-2H3. The van der Waals surface area contributed by atoms with Crippen LogP contribution in [0.1, 0.15) is 12.0 Å². The van der Waals surface area contributed by atoms with E-state index in [0.29, 0.717) is 24.2 Å². The first-order valence-corrected chi connectivity index (χ1v) is 9.94. The number of aromatic nitrogens is 2. The van der Waals surface area contributed by atoms with Crippen LogP contribution in [0.15, 0.2) is 30.3 Å². The second-order valence-corrected chi connectivity index (χ2v) is 8.51. The highest BCUT2D eigenvalue weighted by Crippen LogP contribution is 2.22. The Bertz CT molecular complexity index is 887. The summed E-state index contributed by atoms with van der Waals surface area (Å²) in [7, 11) is -0.0285. The van der Waals surface area contributed by atoms with E-state index in [0.717, 1.165) is 12.1 Å². The number of sulfonamides is 1. The average molecular weight is 398 g/mol. The molecule has 0 spiro atoms. The maximum Gasteiger partial charge on any atom is 0.233 e. The summed E-state index contributed by atoms with van der Waals surface area (Å²) in [5.74, 6) is -1.08. The summed E-state index contributed by atoms with van der Waals surface area (Å²) in [5.41, 5.74) is 0.0713. The van der Waals surface area contributed by atoms with Gasteiger partial charge in [0.25, 0.3) is 0 Å².